The molecule has 0 aromatic heterocycles. The first-order valence-corrected chi connectivity index (χ1v) is 11.3. The molecule has 0 amide bonds. The van der Waals surface area contributed by atoms with Crippen LogP contribution in [0.4, 0.5) is 0 Å². The summed E-state index contributed by atoms with van der Waals surface area (Å²) < 4.78 is 6.32. The molecule has 0 saturated carbocycles. The zero-order valence-corrected chi connectivity index (χ0v) is 19.1. The van der Waals surface area contributed by atoms with Crippen molar-refractivity contribution in [1.82, 2.24) is 0 Å². The van der Waals surface area contributed by atoms with Gasteiger partial charge in [-0.3, -0.25) is 0 Å². The van der Waals surface area contributed by atoms with Crippen LogP contribution in [0.25, 0.3) is 0 Å². The molecule has 29 heavy (non-hydrogen) atoms. The number of ether oxygens (including phenoxy) is 1. The first-order valence-electron chi connectivity index (χ1n) is 11.3. The zero-order valence-electron chi connectivity index (χ0n) is 19.1. The predicted molar refractivity (Wildman–Crippen MR) is 124 cm³/mol. The summed E-state index contributed by atoms with van der Waals surface area (Å²) in [7, 11) is 0. The Morgan fingerprint density at radius 2 is 1.69 bits per heavy atom. The lowest BCUT2D eigenvalue weighted by atomic mass is 9.79. The standard InChI is InChI=1S/C27H40O2/c1-6-7-8-12-17-27(4,5)24-15-16-25(21(2)18-22(3)28)26(19-24)29-20-23-13-10-9-11-14-23/h9-11,13-16,19,21-22,28H,6-8,12,17-18,20H2,1-5H3. The molecule has 2 aromatic carbocycles. The van der Waals surface area contributed by atoms with Gasteiger partial charge in [-0.25, -0.2) is 0 Å². The van der Waals surface area contributed by atoms with Crippen LogP contribution in [0, 0.1) is 0 Å². The minimum absolute atomic E-state index is 0.130. The summed E-state index contributed by atoms with van der Waals surface area (Å²) in [6.07, 6.45) is 6.77. The summed E-state index contributed by atoms with van der Waals surface area (Å²) in [6.45, 7) is 11.5. The van der Waals surface area contributed by atoms with Crippen molar-refractivity contribution in [3.8, 4) is 5.75 Å². The predicted octanol–water partition coefficient (Wildman–Crippen LogP) is 7.39. The third-order valence-corrected chi connectivity index (χ3v) is 5.91. The van der Waals surface area contributed by atoms with Gasteiger partial charge in [0.1, 0.15) is 12.4 Å². The van der Waals surface area contributed by atoms with Crippen LogP contribution < -0.4 is 4.74 Å². The summed E-state index contributed by atoms with van der Waals surface area (Å²) in [4.78, 5) is 0. The van der Waals surface area contributed by atoms with Crippen LogP contribution >= 0.6 is 0 Å². The molecular formula is C27H40O2. The Morgan fingerprint density at radius 3 is 2.34 bits per heavy atom. The molecule has 2 aromatic rings. The Kier molecular flexibility index (Phi) is 9.23. The maximum atomic E-state index is 9.87. The van der Waals surface area contributed by atoms with E-state index in [1.54, 1.807) is 0 Å². The van der Waals surface area contributed by atoms with Crippen LogP contribution in [0.2, 0.25) is 0 Å². The summed E-state index contributed by atoms with van der Waals surface area (Å²) in [6, 6.07) is 17.1. The molecular weight excluding hydrogens is 356 g/mol. The van der Waals surface area contributed by atoms with Gasteiger partial charge in [0.25, 0.3) is 0 Å². The summed E-state index contributed by atoms with van der Waals surface area (Å²) in [5.41, 5.74) is 3.83. The Morgan fingerprint density at radius 1 is 0.966 bits per heavy atom. The fraction of sp³-hybridized carbons (Fsp3) is 0.556. The second-order valence-corrected chi connectivity index (χ2v) is 9.21. The molecule has 0 aliphatic heterocycles. The topological polar surface area (TPSA) is 29.5 Å². The summed E-state index contributed by atoms with van der Waals surface area (Å²) in [5, 5.41) is 9.87. The summed E-state index contributed by atoms with van der Waals surface area (Å²) in [5.74, 6) is 1.21. The van der Waals surface area contributed by atoms with Crippen LogP contribution in [0.3, 0.4) is 0 Å². The zero-order chi connectivity index (χ0) is 21.3. The largest absolute Gasteiger partial charge is 0.489 e. The molecule has 0 aliphatic rings. The van der Waals surface area contributed by atoms with Gasteiger partial charge in [-0.2, -0.15) is 0 Å². The Hall–Kier alpha value is -1.80. The van der Waals surface area contributed by atoms with Crippen molar-refractivity contribution >= 4 is 0 Å². The smallest absolute Gasteiger partial charge is 0.123 e. The van der Waals surface area contributed by atoms with E-state index in [0.29, 0.717) is 6.61 Å². The van der Waals surface area contributed by atoms with E-state index in [4.69, 9.17) is 4.74 Å². The highest BCUT2D eigenvalue weighted by Crippen LogP contribution is 2.37. The van der Waals surface area contributed by atoms with Crippen molar-refractivity contribution in [1.29, 1.82) is 0 Å². The highest BCUT2D eigenvalue weighted by atomic mass is 16.5. The van der Waals surface area contributed by atoms with Gasteiger partial charge in [0.15, 0.2) is 0 Å². The van der Waals surface area contributed by atoms with Gasteiger partial charge >= 0.3 is 0 Å². The number of hydrogen-bond acceptors (Lipinski definition) is 2. The van der Waals surface area contributed by atoms with Crippen molar-refractivity contribution in [2.24, 2.45) is 0 Å². The fourth-order valence-electron chi connectivity index (χ4n) is 4.00. The van der Waals surface area contributed by atoms with Crippen LogP contribution in [0.15, 0.2) is 48.5 Å². The maximum absolute atomic E-state index is 9.87. The van der Waals surface area contributed by atoms with E-state index >= 15 is 0 Å². The highest BCUT2D eigenvalue weighted by molar-refractivity contribution is 5.42. The van der Waals surface area contributed by atoms with Gasteiger partial charge in [-0.05, 0) is 53.9 Å². The molecule has 0 heterocycles. The molecule has 0 saturated heterocycles. The quantitative estimate of drug-likeness (QED) is 0.379. The highest BCUT2D eigenvalue weighted by Gasteiger charge is 2.23. The Bertz CT molecular complexity index is 719. The molecule has 2 rings (SSSR count). The second kappa shape index (κ2) is 11.4. The molecule has 2 atom stereocenters. The molecule has 0 spiro atoms. The number of hydrogen-bond donors (Lipinski definition) is 1. The van der Waals surface area contributed by atoms with Crippen LogP contribution in [0.5, 0.6) is 5.75 Å². The first kappa shape index (κ1) is 23.5. The molecule has 2 unspecified atom stereocenters. The molecule has 1 N–H and O–H groups in total. The lowest BCUT2D eigenvalue weighted by Gasteiger charge is -2.28. The van der Waals surface area contributed by atoms with E-state index in [0.717, 1.165) is 12.2 Å². The normalized spacial score (nSPS) is 13.9. The number of rotatable bonds is 12. The van der Waals surface area contributed by atoms with Crippen molar-refractivity contribution in [2.45, 2.75) is 97.2 Å². The molecule has 0 fully saturated rings. The van der Waals surface area contributed by atoms with Gasteiger partial charge < -0.3 is 9.84 Å². The van der Waals surface area contributed by atoms with Crippen molar-refractivity contribution < 1.29 is 9.84 Å². The minimum atomic E-state index is -0.318. The van der Waals surface area contributed by atoms with Crippen LogP contribution in [-0.2, 0) is 12.0 Å². The molecule has 0 radical (unpaired) electrons. The monoisotopic (exact) mass is 396 g/mol. The lowest BCUT2D eigenvalue weighted by molar-refractivity contribution is 0.175. The summed E-state index contributed by atoms with van der Waals surface area (Å²) >= 11 is 0. The van der Waals surface area contributed by atoms with E-state index in [9.17, 15) is 5.11 Å². The number of unbranched alkanes of at least 4 members (excludes halogenated alkanes) is 3. The minimum Gasteiger partial charge on any atom is -0.489 e. The Labute approximate surface area is 178 Å². The van der Waals surface area contributed by atoms with Crippen LogP contribution in [0.1, 0.15) is 95.8 Å². The van der Waals surface area contributed by atoms with Crippen molar-refractivity contribution in [3.63, 3.8) is 0 Å². The van der Waals surface area contributed by atoms with Gasteiger partial charge in [-0.1, -0.05) is 95.8 Å². The third-order valence-electron chi connectivity index (χ3n) is 5.91. The second-order valence-electron chi connectivity index (χ2n) is 9.21. The van der Waals surface area contributed by atoms with Gasteiger partial charge in [-0.15, -0.1) is 0 Å². The molecule has 2 heteroatoms. The third kappa shape index (κ3) is 7.51. The van der Waals surface area contributed by atoms with E-state index in [-0.39, 0.29) is 17.4 Å². The number of aliphatic hydroxyl groups is 1. The first-order chi connectivity index (χ1) is 13.8. The van der Waals surface area contributed by atoms with Gasteiger partial charge in [0, 0.05) is 0 Å². The van der Waals surface area contributed by atoms with E-state index < -0.39 is 0 Å². The van der Waals surface area contributed by atoms with Crippen molar-refractivity contribution in [3.05, 3.63) is 65.2 Å². The van der Waals surface area contributed by atoms with Gasteiger partial charge in [0.05, 0.1) is 6.10 Å². The number of benzene rings is 2. The molecule has 0 bridgehead atoms. The molecule has 0 aliphatic carbocycles. The Balaban J connectivity index is 2.23. The van der Waals surface area contributed by atoms with Gasteiger partial charge in [0.2, 0.25) is 0 Å². The van der Waals surface area contributed by atoms with Crippen LogP contribution in [-0.4, -0.2) is 11.2 Å². The van der Waals surface area contributed by atoms with Crippen molar-refractivity contribution in [2.75, 3.05) is 0 Å². The molecule has 160 valence electrons. The fourth-order valence-corrected chi connectivity index (χ4v) is 4.00. The lowest BCUT2D eigenvalue weighted by Crippen LogP contribution is -2.18. The number of aliphatic hydroxyl groups excluding tert-OH is 1. The van der Waals surface area contributed by atoms with E-state index in [1.807, 2.05) is 25.1 Å². The van der Waals surface area contributed by atoms with E-state index in [2.05, 4.69) is 58.0 Å². The average Bonchev–Trinajstić information content (AvgIpc) is 2.69. The maximum Gasteiger partial charge on any atom is 0.123 e. The average molecular weight is 397 g/mol. The van der Waals surface area contributed by atoms with E-state index in [1.165, 1.54) is 48.8 Å². The SMILES string of the molecule is CCCCCCC(C)(C)c1ccc(C(C)CC(C)O)c(OCc2ccccc2)c1. The molecule has 2 nitrogen and oxygen atoms in total.